The van der Waals surface area contributed by atoms with Gasteiger partial charge < -0.3 is 4.74 Å². The molecule has 0 aromatic heterocycles. The van der Waals surface area contributed by atoms with Crippen LogP contribution >= 0.6 is 0 Å². The lowest BCUT2D eigenvalue weighted by Gasteiger charge is -2.10. The Labute approximate surface area is 148 Å². The van der Waals surface area contributed by atoms with E-state index in [2.05, 4.69) is 17.8 Å². The summed E-state index contributed by atoms with van der Waals surface area (Å²) in [4.78, 5) is 23.8. The van der Waals surface area contributed by atoms with Crippen LogP contribution in [0.3, 0.4) is 0 Å². The zero-order valence-electron chi connectivity index (χ0n) is 14.9. The van der Waals surface area contributed by atoms with Gasteiger partial charge in [0.1, 0.15) is 5.75 Å². The molecule has 5 heteroatoms. The van der Waals surface area contributed by atoms with E-state index in [-0.39, 0.29) is 24.8 Å². The van der Waals surface area contributed by atoms with Gasteiger partial charge in [0, 0.05) is 5.56 Å². The molecule has 0 heterocycles. The van der Waals surface area contributed by atoms with Gasteiger partial charge in [0.25, 0.3) is 5.91 Å². The minimum Gasteiger partial charge on any atom is -0.493 e. The summed E-state index contributed by atoms with van der Waals surface area (Å²) in [7, 11) is 0. The van der Waals surface area contributed by atoms with Crippen LogP contribution in [0.15, 0.2) is 42.5 Å². The number of ether oxygens (including phenoxy) is 1. The fourth-order valence-corrected chi connectivity index (χ4v) is 2.37. The number of hydrazine groups is 1. The summed E-state index contributed by atoms with van der Waals surface area (Å²) in [5.74, 6) is 0.119. The van der Waals surface area contributed by atoms with Crippen molar-refractivity contribution in [1.82, 2.24) is 10.9 Å². The third-order valence-corrected chi connectivity index (χ3v) is 3.86. The maximum Gasteiger partial charge on any atom is 0.269 e. The first kappa shape index (κ1) is 18.5. The normalized spacial score (nSPS) is 10.2. The second-order valence-corrected chi connectivity index (χ2v) is 5.92. The Balaban J connectivity index is 1.73. The lowest BCUT2D eigenvalue weighted by molar-refractivity contribution is -0.122. The van der Waals surface area contributed by atoms with E-state index < -0.39 is 0 Å². The first-order valence-electron chi connectivity index (χ1n) is 8.37. The predicted molar refractivity (Wildman–Crippen MR) is 97.5 cm³/mol. The summed E-state index contributed by atoms with van der Waals surface area (Å²) < 4.78 is 5.61. The standard InChI is InChI=1S/C20H24N2O3/c1-4-16-6-8-17(9-7-16)20(24)22-21-19(23)11-12-25-18-10-5-14(2)13-15(18)3/h5-10,13H,4,11-12H2,1-3H3,(H,21,23)(H,22,24). The average molecular weight is 340 g/mol. The Morgan fingerprint density at radius 3 is 2.36 bits per heavy atom. The maximum atomic E-state index is 12.0. The molecule has 5 nitrogen and oxygen atoms in total. The summed E-state index contributed by atoms with van der Waals surface area (Å²) in [5.41, 5.74) is 8.67. The number of hydrogen-bond acceptors (Lipinski definition) is 3. The maximum absolute atomic E-state index is 12.0. The predicted octanol–water partition coefficient (Wildman–Crippen LogP) is 3.10. The highest BCUT2D eigenvalue weighted by Crippen LogP contribution is 2.18. The number of amides is 2. The zero-order chi connectivity index (χ0) is 18.2. The molecular weight excluding hydrogens is 316 g/mol. The molecule has 0 aliphatic heterocycles. The third-order valence-electron chi connectivity index (χ3n) is 3.86. The summed E-state index contributed by atoms with van der Waals surface area (Å²) >= 11 is 0. The van der Waals surface area contributed by atoms with Gasteiger partial charge in [0.05, 0.1) is 13.0 Å². The largest absolute Gasteiger partial charge is 0.493 e. The van der Waals surface area contributed by atoms with Crippen LogP contribution in [0.1, 0.15) is 40.4 Å². The first-order chi connectivity index (χ1) is 12.0. The molecule has 0 radical (unpaired) electrons. The van der Waals surface area contributed by atoms with Gasteiger partial charge >= 0.3 is 0 Å². The molecule has 0 atom stereocenters. The quantitative estimate of drug-likeness (QED) is 0.794. The molecule has 0 aliphatic rings. The monoisotopic (exact) mass is 340 g/mol. The van der Waals surface area contributed by atoms with Gasteiger partial charge in [-0.2, -0.15) is 0 Å². The van der Waals surface area contributed by atoms with Crippen molar-refractivity contribution in [3.05, 3.63) is 64.7 Å². The van der Waals surface area contributed by atoms with E-state index in [0.717, 1.165) is 28.9 Å². The van der Waals surface area contributed by atoms with Crippen LogP contribution in [0.25, 0.3) is 0 Å². The van der Waals surface area contributed by atoms with Crippen LogP contribution in [0.2, 0.25) is 0 Å². The lowest BCUT2D eigenvalue weighted by atomic mass is 10.1. The van der Waals surface area contributed by atoms with E-state index in [1.54, 1.807) is 12.1 Å². The van der Waals surface area contributed by atoms with Crippen LogP contribution in [0.4, 0.5) is 0 Å². The number of benzene rings is 2. The van der Waals surface area contributed by atoms with E-state index in [1.807, 2.05) is 44.2 Å². The average Bonchev–Trinajstić information content (AvgIpc) is 2.61. The fourth-order valence-electron chi connectivity index (χ4n) is 2.37. The van der Waals surface area contributed by atoms with Crippen molar-refractivity contribution in [3.63, 3.8) is 0 Å². The molecule has 25 heavy (non-hydrogen) atoms. The zero-order valence-corrected chi connectivity index (χ0v) is 14.9. The van der Waals surface area contributed by atoms with Crippen molar-refractivity contribution in [2.45, 2.75) is 33.6 Å². The van der Waals surface area contributed by atoms with Crippen molar-refractivity contribution in [2.75, 3.05) is 6.61 Å². The number of aryl methyl sites for hydroxylation is 3. The molecule has 0 fully saturated rings. The molecule has 2 N–H and O–H groups in total. The van der Waals surface area contributed by atoms with E-state index in [0.29, 0.717) is 5.56 Å². The number of rotatable bonds is 6. The van der Waals surface area contributed by atoms with E-state index >= 15 is 0 Å². The number of hydrogen-bond donors (Lipinski definition) is 2. The van der Waals surface area contributed by atoms with Crippen molar-refractivity contribution >= 4 is 11.8 Å². The molecular formula is C20H24N2O3. The van der Waals surface area contributed by atoms with Crippen LogP contribution in [-0.2, 0) is 11.2 Å². The SMILES string of the molecule is CCc1ccc(C(=O)NNC(=O)CCOc2ccc(C)cc2C)cc1. The second-order valence-electron chi connectivity index (χ2n) is 5.92. The second kappa shape index (κ2) is 8.87. The molecule has 2 rings (SSSR count). The summed E-state index contributed by atoms with van der Waals surface area (Å²) in [6.45, 7) is 6.28. The minimum atomic E-state index is -0.341. The van der Waals surface area contributed by atoms with E-state index in [4.69, 9.17) is 4.74 Å². The lowest BCUT2D eigenvalue weighted by Crippen LogP contribution is -2.42. The summed E-state index contributed by atoms with van der Waals surface area (Å²) in [5, 5.41) is 0. The molecule has 2 amide bonds. The Morgan fingerprint density at radius 2 is 1.72 bits per heavy atom. The molecule has 0 unspecified atom stereocenters. The van der Waals surface area contributed by atoms with Gasteiger partial charge in [-0.15, -0.1) is 0 Å². The number of nitrogens with one attached hydrogen (secondary N) is 2. The molecule has 0 bridgehead atoms. The van der Waals surface area contributed by atoms with Crippen molar-refractivity contribution < 1.29 is 14.3 Å². The molecule has 2 aromatic rings. The molecule has 0 aliphatic carbocycles. The van der Waals surface area contributed by atoms with E-state index in [9.17, 15) is 9.59 Å². The van der Waals surface area contributed by atoms with Crippen LogP contribution in [-0.4, -0.2) is 18.4 Å². The molecule has 0 spiro atoms. The third kappa shape index (κ3) is 5.64. The Kier molecular flexibility index (Phi) is 6.57. The van der Waals surface area contributed by atoms with E-state index in [1.165, 1.54) is 0 Å². The topological polar surface area (TPSA) is 67.4 Å². The smallest absolute Gasteiger partial charge is 0.269 e. The number of carbonyl (C=O) groups excluding carboxylic acids is 2. The highest BCUT2D eigenvalue weighted by Gasteiger charge is 2.08. The van der Waals surface area contributed by atoms with Crippen molar-refractivity contribution in [1.29, 1.82) is 0 Å². The first-order valence-corrected chi connectivity index (χ1v) is 8.37. The fraction of sp³-hybridized carbons (Fsp3) is 0.300. The van der Waals surface area contributed by atoms with Gasteiger partial charge in [-0.3, -0.25) is 20.4 Å². The summed E-state index contributed by atoms with van der Waals surface area (Å²) in [6.07, 6.45) is 1.07. The Morgan fingerprint density at radius 1 is 1.00 bits per heavy atom. The van der Waals surface area contributed by atoms with Gasteiger partial charge in [0.2, 0.25) is 5.91 Å². The van der Waals surface area contributed by atoms with Gasteiger partial charge in [-0.05, 0) is 49.6 Å². The van der Waals surface area contributed by atoms with Crippen molar-refractivity contribution in [3.8, 4) is 5.75 Å². The minimum absolute atomic E-state index is 0.155. The molecule has 132 valence electrons. The van der Waals surface area contributed by atoms with Gasteiger partial charge in [-0.25, -0.2) is 0 Å². The highest BCUT2D eigenvalue weighted by molar-refractivity contribution is 5.95. The van der Waals surface area contributed by atoms with Gasteiger partial charge in [-0.1, -0.05) is 36.8 Å². The van der Waals surface area contributed by atoms with Crippen LogP contribution < -0.4 is 15.6 Å². The van der Waals surface area contributed by atoms with Crippen LogP contribution in [0.5, 0.6) is 5.75 Å². The molecule has 0 saturated heterocycles. The molecule has 2 aromatic carbocycles. The summed E-state index contributed by atoms with van der Waals surface area (Å²) in [6, 6.07) is 13.2. The number of carbonyl (C=O) groups is 2. The molecule has 0 saturated carbocycles. The Bertz CT molecular complexity index is 739. The highest BCUT2D eigenvalue weighted by atomic mass is 16.5. The Hall–Kier alpha value is -2.82. The van der Waals surface area contributed by atoms with Crippen LogP contribution in [0, 0.1) is 13.8 Å². The van der Waals surface area contributed by atoms with Crippen molar-refractivity contribution in [2.24, 2.45) is 0 Å². The van der Waals surface area contributed by atoms with Gasteiger partial charge in [0.15, 0.2) is 0 Å².